The van der Waals surface area contributed by atoms with Gasteiger partial charge in [0.15, 0.2) is 0 Å². The van der Waals surface area contributed by atoms with Crippen LogP contribution in [0.4, 0.5) is 0 Å². The molecule has 1 unspecified atom stereocenters. The van der Waals surface area contributed by atoms with Gasteiger partial charge in [0.1, 0.15) is 0 Å². The first-order valence-electron chi connectivity index (χ1n) is 1.83. The lowest BCUT2D eigenvalue weighted by molar-refractivity contribution is 1.25. The van der Waals surface area contributed by atoms with Gasteiger partial charge in [-0.05, 0) is 0 Å². The molecule has 0 aliphatic carbocycles. The van der Waals surface area contributed by atoms with Gasteiger partial charge in [-0.3, -0.25) is 0 Å². The monoisotopic (exact) mass is 102 g/mol. The molecule has 0 amide bonds. The van der Waals surface area contributed by atoms with Crippen LogP contribution >= 0.6 is 12.2 Å². The first-order valence-corrected chi connectivity index (χ1v) is 2.24. The number of nitrogens with one attached hydrogen (secondary N) is 1. The Morgan fingerprint density at radius 2 is 2.50 bits per heavy atom. The second-order valence-electron chi connectivity index (χ2n) is 1.36. The highest BCUT2D eigenvalue weighted by Crippen LogP contribution is 1.93. The zero-order valence-electron chi connectivity index (χ0n) is 3.27. The van der Waals surface area contributed by atoms with E-state index < -0.39 is 0 Å². The molecule has 1 saturated heterocycles. The maximum Gasteiger partial charge on any atom is 0.0912 e. The molecule has 0 spiro atoms. The van der Waals surface area contributed by atoms with Crippen molar-refractivity contribution in [3.8, 4) is 0 Å². The van der Waals surface area contributed by atoms with E-state index >= 15 is 0 Å². The van der Waals surface area contributed by atoms with Crippen LogP contribution in [0.25, 0.3) is 0 Å². The minimum atomic E-state index is 0.361. The fourth-order valence-electron chi connectivity index (χ4n) is 0.260. The highest BCUT2D eigenvalue weighted by Gasteiger charge is 2.21. The van der Waals surface area contributed by atoms with E-state index in [9.17, 15) is 0 Å². The van der Waals surface area contributed by atoms with Crippen LogP contribution < -0.4 is 11.1 Å². The zero-order chi connectivity index (χ0) is 4.57. The van der Waals surface area contributed by atoms with E-state index in [1.165, 1.54) is 0 Å². The molecule has 6 heavy (non-hydrogen) atoms. The topological polar surface area (TPSA) is 48.0 Å². The molecule has 0 saturated carbocycles. The summed E-state index contributed by atoms with van der Waals surface area (Å²) in [4.78, 5) is 0.593. The number of hydrogen-bond donors (Lipinski definition) is 2. The van der Waals surface area contributed by atoms with Crippen LogP contribution in [0.2, 0.25) is 0 Å². The van der Waals surface area contributed by atoms with Gasteiger partial charge in [0.05, 0.1) is 11.0 Å². The van der Waals surface area contributed by atoms with Gasteiger partial charge in [-0.15, -0.1) is 0 Å². The van der Waals surface area contributed by atoms with Crippen molar-refractivity contribution in [2.24, 2.45) is 5.73 Å². The molecule has 3 heteroatoms. The number of rotatable bonds is 1. The summed E-state index contributed by atoms with van der Waals surface area (Å²) in [6.07, 6.45) is 0. The lowest BCUT2D eigenvalue weighted by atomic mass is 10.5. The Morgan fingerprint density at radius 3 is 2.50 bits per heavy atom. The minimum Gasteiger partial charge on any atom is -0.392 e. The fourth-order valence-corrected chi connectivity index (χ4v) is 0.427. The standard InChI is InChI=1S/C3H6N2S/c4-3(6)2-1-5-2/h2,5H,1H2,(H2,4,6). The predicted molar refractivity (Wildman–Crippen MR) is 28.6 cm³/mol. The second-order valence-corrected chi connectivity index (χ2v) is 1.83. The van der Waals surface area contributed by atoms with Gasteiger partial charge in [-0.25, -0.2) is 0 Å². The van der Waals surface area contributed by atoms with Crippen molar-refractivity contribution < 1.29 is 0 Å². The Bertz CT molecular complexity index is 76.9. The molecular weight excluding hydrogens is 96.1 g/mol. The van der Waals surface area contributed by atoms with E-state index in [-0.39, 0.29) is 0 Å². The third-order valence-corrected chi connectivity index (χ3v) is 1.04. The molecule has 1 aliphatic rings. The van der Waals surface area contributed by atoms with Crippen molar-refractivity contribution in [2.75, 3.05) is 6.54 Å². The Morgan fingerprint density at radius 1 is 2.00 bits per heavy atom. The Hall–Kier alpha value is -0.150. The van der Waals surface area contributed by atoms with Crippen LogP contribution in [0.3, 0.4) is 0 Å². The van der Waals surface area contributed by atoms with E-state index in [2.05, 4.69) is 17.5 Å². The van der Waals surface area contributed by atoms with Crippen LogP contribution in [0.5, 0.6) is 0 Å². The summed E-state index contributed by atoms with van der Waals surface area (Å²) in [5.41, 5.74) is 5.17. The van der Waals surface area contributed by atoms with Gasteiger partial charge < -0.3 is 11.1 Å². The van der Waals surface area contributed by atoms with Crippen LogP contribution in [0.1, 0.15) is 0 Å². The molecule has 1 fully saturated rings. The molecular formula is C3H6N2S. The molecule has 0 aromatic rings. The van der Waals surface area contributed by atoms with Gasteiger partial charge >= 0.3 is 0 Å². The van der Waals surface area contributed by atoms with Gasteiger partial charge in [-0.1, -0.05) is 12.2 Å². The van der Waals surface area contributed by atoms with Crippen molar-refractivity contribution in [3.05, 3.63) is 0 Å². The lowest BCUT2D eigenvalue weighted by Gasteiger charge is -1.80. The van der Waals surface area contributed by atoms with Crippen LogP contribution in [-0.2, 0) is 0 Å². The highest BCUT2D eigenvalue weighted by molar-refractivity contribution is 7.80. The first-order chi connectivity index (χ1) is 2.80. The SMILES string of the molecule is NC(=S)C1CN1. The van der Waals surface area contributed by atoms with E-state index in [4.69, 9.17) is 5.73 Å². The molecule has 1 atom stereocenters. The zero-order valence-corrected chi connectivity index (χ0v) is 4.09. The van der Waals surface area contributed by atoms with Crippen LogP contribution in [-0.4, -0.2) is 17.6 Å². The van der Waals surface area contributed by atoms with E-state index in [0.29, 0.717) is 11.0 Å². The third-order valence-electron chi connectivity index (χ3n) is 0.752. The van der Waals surface area contributed by atoms with Crippen molar-refractivity contribution in [3.63, 3.8) is 0 Å². The smallest absolute Gasteiger partial charge is 0.0912 e. The summed E-state index contributed by atoms with van der Waals surface area (Å²) in [6.45, 7) is 0.981. The van der Waals surface area contributed by atoms with Crippen LogP contribution in [0.15, 0.2) is 0 Å². The average molecular weight is 102 g/mol. The van der Waals surface area contributed by atoms with Gasteiger partial charge in [0.2, 0.25) is 0 Å². The molecule has 34 valence electrons. The number of hydrogen-bond acceptors (Lipinski definition) is 2. The number of thiocarbonyl (C=S) groups is 1. The number of nitrogens with two attached hydrogens (primary N) is 1. The Kier molecular flexibility index (Phi) is 0.782. The molecule has 0 aromatic heterocycles. The summed E-state index contributed by atoms with van der Waals surface area (Å²) in [5, 5.41) is 2.97. The summed E-state index contributed by atoms with van der Waals surface area (Å²) in [5.74, 6) is 0. The first kappa shape index (κ1) is 4.02. The molecule has 0 radical (unpaired) electrons. The molecule has 3 N–H and O–H groups in total. The van der Waals surface area contributed by atoms with Gasteiger partial charge in [-0.2, -0.15) is 0 Å². The van der Waals surface area contributed by atoms with E-state index in [1.807, 2.05) is 0 Å². The predicted octanol–water partition coefficient (Wildman–Crippen LogP) is -0.756. The molecule has 1 rings (SSSR count). The van der Waals surface area contributed by atoms with E-state index in [1.54, 1.807) is 0 Å². The Labute approximate surface area is 41.7 Å². The summed E-state index contributed by atoms with van der Waals surface area (Å²) >= 11 is 4.60. The van der Waals surface area contributed by atoms with Crippen molar-refractivity contribution in [2.45, 2.75) is 6.04 Å². The van der Waals surface area contributed by atoms with Gasteiger partial charge in [0.25, 0.3) is 0 Å². The second kappa shape index (κ2) is 1.17. The summed E-state index contributed by atoms with van der Waals surface area (Å²) < 4.78 is 0. The Balaban J connectivity index is 2.31. The molecule has 2 nitrogen and oxygen atoms in total. The lowest BCUT2D eigenvalue weighted by Crippen LogP contribution is -2.16. The average Bonchev–Trinajstić information content (AvgIpc) is 2.06. The molecule has 0 bridgehead atoms. The maximum atomic E-state index is 5.17. The van der Waals surface area contributed by atoms with E-state index in [0.717, 1.165) is 6.54 Å². The van der Waals surface area contributed by atoms with Gasteiger partial charge in [0, 0.05) is 6.54 Å². The van der Waals surface area contributed by atoms with Crippen molar-refractivity contribution in [1.29, 1.82) is 0 Å². The van der Waals surface area contributed by atoms with Crippen LogP contribution in [0, 0.1) is 0 Å². The largest absolute Gasteiger partial charge is 0.392 e. The minimum absolute atomic E-state index is 0.361. The third kappa shape index (κ3) is 0.666. The summed E-state index contributed by atoms with van der Waals surface area (Å²) in [7, 11) is 0. The van der Waals surface area contributed by atoms with Crippen molar-refractivity contribution >= 4 is 17.2 Å². The summed E-state index contributed by atoms with van der Waals surface area (Å²) in [6, 6.07) is 0.361. The molecule has 0 aromatic carbocycles. The van der Waals surface area contributed by atoms with Crippen molar-refractivity contribution in [1.82, 2.24) is 5.32 Å². The molecule has 1 heterocycles. The molecule has 1 aliphatic heterocycles. The normalized spacial score (nSPS) is 29.7. The quantitative estimate of drug-likeness (QED) is 0.338. The maximum absolute atomic E-state index is 5.17. The fraction of sp³-hybridized carbons (Fsp3) is 0.667. The highest BCUT2D eigenvalue weighted by atomic mass is 32.1.